The molecule has 0 spiro atoms. The molecule has 0 bridgehead atoms. The van der Waals surface area contributed by atoms with Crippen LogP contribution < -0.4 is 5.73 Å². The highest BCUT2D eigenvalue weighted by atomic mass is 32.2. The van der Waals surface area contributed by atoms with Crippen LogP contribution in [-0.4, -0.2) is 15.8 Å². The van der Waals surface area contributed by atoms with E-state index in [1.165, 1.54) is 11.8 Å². The number of nitrogens with two attached hydrogens (primary N) is 1. The number of nitrogens with one attached hydrogen (secondary N) is 1. The van der Waals surface area contributed by atoms with Gasteiger partial charge in [0.1, 0.15) is 10.9 Å². The number of pyridine rings is 2. The molecule has 0 saturated heterocycles. The molecule has 2 rings (SSSR count). The zero-order chi connectivity index (χ0) is 13.1. The minimum absolute atomic E-state index is 0.0524. The van der Waals surface area contributed by atoms with Gasteiger partial charge in [-0.3, -0.25) is 10.4 Å². The van der Waals surface area contributed by atoms with Gasteiger partial charge < -0.3 is 5.73 Å². The van der Waals surface area contributed by atoms with Gasteiger partial charge in [-0.1, -0.05) is 11.8 Å². The molecule has 0 aliphatic carbocycles. The Morgan fingerprint density at radius 3 is 2.56 bits per heavy atom. The van der Waals surface area contributed by atoms with Crippen molar-refractivity contribution in [2.24, 2.45) is 5.73 Å². The van der Waals surface area contributed by atoms with Crippen molar-refractivity contribution in [3.8, 4) is 0 Å². The van der Waals surface area contributed by atoms with Gasteiger partial charge in [-0.05, 0) is 37.6 Å². The molecular formula is C13H14N4S. The number of nitrogen functional groups attached to an aromatic ring is 1. The van der Waals surface area contributed by atoms with E-state index in [0.29, 0.717) is 5.56 Å². The van der Waals surface area contributed by atoms with Crippen LogP contribution >= 0.6 is 11.8 Å². The molecule has 2 heterocycles. The van der Waals surface area contributed by atoms with Gasteiger partial charge in [-0.25, -0.2) is 4.98 Å². The third-order valence-corrected chi connectivity index (χ3v) is 3.44. The van der Waals surface area contributed by atoms with Crippen molar-refractivity contribution in [1.29, 1.82) is 5.41 Å². The summed E-state index contributed by atoms with van der Waals surface area (Å²) in [5.41, 5.74) is 8.25. The van der Waals surface area contributed by atoms with Crippen LogP contribution in [0.4, 0.5) is 0 Å². The maximum Gasteiger partial charge on any atom is 0.125 e. The van der Waals surface area contributed by atoms with Gasteiger partial charge in [-0.2, -0.15) is 0 Å². The Kier molecular flexibility index (Phi) is 3.62. The topological polar surface area (TPSA) is 75.7 Å². The second-order valence-electron chi connectivity index (χ2n) is 3.96. The van der Waals surface area contributed by atoms with E-state index in [2.05, 4.69) is 9.97 Å². The standard InChI is InChI=1S/C13H14N4S/c1-8-7-9(2)17-13(11(8)12(14)15)18-10-3-5-16-6-4-10/h3-7H,1-2H3,(H3,14,15). The summed E-state index contributed by atoms with van der Waals surface area (Å²) in [4.78, 5) is 9.48. The number of hydrogen-bond acceptors (Lipinski definition) is 4. The number of nitrogens with zero attached hydrogens (tertiary/aromatic N) is 2. The number of amidine groups is 1. The third kappa shape index (κ3) is 2.68. The minimum Gasteiger partial charge on any atom is -0.384 e. The van der Waals surface area contributed by atoms with E-state index in [9.17, 15) is 0 Å². The van der Waals surface area contributed by atoms with Crippen molar-refractivity contribution in [3.05, 3.63) is 47.4 Å². The summed E-state index contributed by atoms with van der Waals surface area (Å²) in [6.07, 6.45) is 3.47. The average molecular weight is 258 g/mol. The van der Waals surface area contributed by atoms with Crippen LogP contribution in [0.25, 0.3) is 0 Å². The van der Waals surface area contributed by atoms with Gasteiger partial charge in [0, 0.05) is 23.0 Å². The summed E-state index contributed by atoms with van der Waals surface area (Å²) in [6, 6.07) is 5.76. The molecule has 0 saturated carbocycles. The number of aromatic nitrogens is 2. The molecular weight excluding hydrogens is 244 g/mol. The van der Waals surface area contributed by atoms with Crippen molar-refractivity contribution >= 4 is 17.6 Å². The first kappa shape index (κ1) is 12.6. The highest BCUT2D eigenvalue weighted by Gasteiger charge is 2.12. The fourth-order valence-corrected chi connectivity index (χ4v) is 2.77. The Bertz CT molecular complexity index is 581. The second kappa shape index (κ2) is 5.18. The molecule has 2 aromatic heterocycles. The van der Waals surface area contributed by atoms with Crippen LogP contribution in [0, 0.1) is 19.3 Å². The van der Waals surface area contributed by atoms with E-state index in [1.807, 2.05) is 32.0 Å². The normalized spacial score (nSPS) is 10.3. The first-order chi connectivity index (χ1) is 8.58. The van der Waals surface area contributed by atoms with Gasteiger partial charge in [0.2, 0.25) is 0 Å². The van der Waals surface area contributed by atoms with Crippen molar-refractivity contribution in [2.45, 2.75) is 23.8 Å². The first-order valence-electron chi connectivity index (χ1n) is 5.48. The third-order valence-electron chi connectivity index (χ3n) is 2.45. The number of aryl methyl sites for hydroxylation is 2. The van der Waals surface area contributed by atoms with E-state index in [1.54, 1.807) is 12.4 Å². The molecule has 3 N–H and O–H groups in total. The predicted molar refractivity (Wildman–Crippen MR) is 73.1 cm³/mol. The lowest BCUT2D eigenvalue weighted by Gasteiger charge is -2.11. The summed E-state index contributed by atoms with van der Waals surface area (Å²) in [5, 5.41) is 8.44. The first-order valence-corrected chi connectivity index (χ1v) is 6.30. The van der Waals surface area contributed by atoms with Crippen LogP contribution in [0.5, 0.6) is 0 Å². The van der Waals surface area contributed by atoms with Gasteiger partial charge >= 0.3 is 0 Å². The van der Waals surface area contributed by atoms with Gasteiger partial charge in [0.25, 0.3) is 0 Å². The predicted octanol–water partition coefficient (Wildman–Crippen LogP) is 2.53. The summed E-state index contributed by atoms with van der Waals surface area (Å²) in [5.74, 6) is 0.0524. The lowest BCUT2D eigenvalue weighted by molar-refractivity contribution is 1.03. The quantitative estimate of drug-likeness (QED) is 0.655. The van der Waals surface area contributed by atoms with Crippen molar-refractivity contribution in [2.75, 3.05) is 0 Å². The Labute approximate surface area is 110 Å². The molecule has 0 radical (unpaired) electrons. The van der Waals surface area contributed by atoms with E-state index in [4.69, 9.17) is 11.1 Å². The number of hydrogen-bond donors (Lipinski definition) is 2. The number of rotatable bonds is 3. The van der Waals surface area contributed by atoms with Crippen LogP contribution in [0.1, 0.15) is 16.8 Å². The van der Waals surface area contributed by atoms with E-state index in [0.717, 1.165) is 21.2 Å². The van der Waals surface area contributed by atoms with Crippen LogP contribution in [0.15, 0.2) is 40.5 Å². The lowest BCUT2D eigenvalue weighted by atomic mass is 10.1. The van der Waals surface area contributed by atoms with E-state index in [-0.39, 0.29) is 5.84 Å². The highest BCUT2D eigenvalue weighted by Crippen LogP contribution is 2.30. The molecule has 92 valence electrons. The molecule has 0 atom stereocenters. The Hall–Kier alpha value is -1.88. The Balaban J connectivity index is 2.46. The SMILES string of the molecule is Cc1cc(C)c(C(=N)N)c(Sc2ccncc2)n1. The Morgan fingerprint density at radius 2 is 1.94 bits per heavy atom. The maximum atomic E-state index is 7.67. The molecule has 2 aromatic rings. The molecule has 0 unspecified atom stereocenters. The van der Waals surface area contributed by atoms with E-state index < -0.39 is 0 Å². The lowest BCUT2D eigenvalue weighted by Crippen LogP contribution is -2.15. The fraction of sp³-hybridized carbons (Fsp3) is 0.154. The van der Waals surface area contributed by atoms with Crippen LogP contribution in [0.3, 0.4) is 0 Å². The van der Waals surface area contributed by atoms with Crippen molar-refractivity contribution in [1.82, 2.24) is 9.97 Å². The van der Waals surface area contributed by atoms with Crippen LogP contribution in [0.2, 0.25) is 0 Å². The maximum absolute atomic E-state index is 7.67. The molecule has 0 amide bonds. The fourth-order valence-electron chi connectivity index (χ4n) is 1.72. The van der Waals surface area contributed by atoms with Gasteiger partial charge in [0.15, 0.2) is 0 Å². The summed E-state index contributed by atoms with van der Waals surface area (Å²) >= 11 is 1.50. The zero-order valence-corrected chi connectivity index (χ0v) is 11.1. The Morgan fingerprint density at radius 1 is 1.28 bits per heavy atom. The molecule has 4 nitrogen and oxygen atoms in total. The van der Waals surface area contributed by atoms with Crippen molar-refractivity contribution in [3.63, 3.8) is 0 Å². The summed E-state index contributed by atoms with van der Waals surface area (Å²) < 4.78 is 0. The molecule has 5 heteroatoms. The molecule has 0 fully saturated rings. The highest BCUT2D eigenvalue weighted by molar-refractivity contribution is 7.99. The minimum atomic E-state index is 0.0524. The second-order valence-corrected chi connectivity index (χ2v) is 5.02. The average Bonchev–Trinajstić information content (AvgIpc) is 2.28. The molecule has 0 aromatic carbocycles. The molecule has 0 aliphatic rings. The van der Waals surface area contributed by atoms with Crippen LogP contribution in [-0.2, 0) is 0 Å². The zero-order valence-electron chi connectivity index (χ0n) is 10.3. The monoisotopic (exact) mass is 258 g/mol. The largest absolute Gasteiger partial charge is 0.384 e. The van der Waals surface area contributed by atoms with Crippen molar-refractivity contribution < 1.29 is 0 Å². The summed E-state index contributed by atoms with van der Waals surface area (Å²) in [6.45, 7) is 3.88. The smallest absolute Gasteiger partial charge is 0.125 e. The van der Waals surface area contributed by atoms with Gasteiger partial charge in [0.05, 0.1) is 5.56 Å². The van der Waals surface area contributed by atoms with E-state index >= 15 is 0 Å². The van der Waals surface area contributed by atoms with Gasteiger partial charge in [-0.15, -0.1) is 0 Å². The summed E-state index contributed by atoms with van der Waals surface area (Å²) in [7, 11) is 0. The molecule has 0 aliphatic heterocycles. The molecule has 18 heavy (non-hydrogen) atoms.